The number of halogens is 2. The second-order valence-electron chi connectivity index (χ2n) is 9.20. The smallest absolute Gasteiger partial charge is 0.223 e. The van der Waals surface area contributed by atoms with Crippen LogP contribution in [0.4, 0.5) is 4.39 Å². The topological polar surface area (TPSA) is 48.8 Å². The van der Waals surface area contributed by atoms with Gasteiger partial charge in [0.15, 0.2) is 0 Å². The summed E-state index contributed by atoms with van der Waals surface area (Å²) in [6, 6.07) is 8.78. The largest absolute Gasteiger partial charge is 0.338 e. The van der Waals surface area contributed by atoms with Crippen molar-refractivity contribution in [2.75, 3.05) is 32.7 Å². The van der Waals surface area contributed by atoms with Crippen LogP contribution in [0.2, 0.25) is 5.02 Å². The van der Waals surface area contributed by atoms with E-state index in [4.69, 9.17) is 16.6 Å². The van der Waals surface area contributed by atoms with Gasteiger partial charge in [-0.15, -0.1) is 0 Å². The third-order valence-electron chi connectivity index (χ3n) is 6.99. The van der Waals surface area contributed by atoms with Crippen molar-refractivity contribution < 1.29 is 9.18 Å². The van der Waals surface area contributed by atoms with E-state index < -0.39 is 0 Å². The summed E-state index contributed by atoms with van der Waals surface area (Å²) in [4.78, 5) is 26.3. The van der Waals surface area contributed by atoms with E-state index in [-0.39, 0.29) is 17.6 Å². The predicted octanol–water partition coefficient (Wildman–Crippen LogP) is 4.51. The number of carbonyl (C=O) groups is 1. The zero-order valence-corrected chi connectivity index (χ0v) is 19.4. The van der Waals surface area contributed by atoms with E-state index >= 15 is 0 Å². The number of hydrogen-bond donors (Lipinski definition) is 0. The highest BCUT2D eigenvalue weighted by molar-refractivity contribution is 6.31. The average Bonchev–Trinajstić information content (AvgIpc) is 3.26. The third-order valence-corrected chi connectivity index (χ3v) is 7.34. The number of aliphatic imine (C=N–C) groups is 1. The molecule has 5 nitrogen and oxygen atoms in total. The Morgan fingerprint density at radius 3 is 2.85 bits per heavy atom. The molecule has 5 rings (SSSR count). The van der Waals surface area contributed by atoms with Crippen LogP contribution in [0.1, 0.15) is 36.8 Å². The van der Waals surface area contributed by atoms with Crippen molar-refractivity contribution in [3.05, 3.63) is 75.8 Å². The zero-order valence-electron chi connectivity index (χ0n) is 18.6. The van der Waals surface area contributed by atoms with E-state index in [9.17, 15) is 9.18 Å². The van der Waals surface area contributed by atoms with Crippen molar-refractivity contribution in [3.63, 3.8) is 0 Å². The van der Waals surface area contributed by atoms with Gasteiger partial charge in [-0.05, 0) is 67.1 Å². The first kappa shape index (κ1) is 22.2. The molecule has 7 heteroatoms. The summed E-state index contributed by atoms with van der Waals surface area (Å²) < 4.78 is 14.2. The van der Waals surface area contributed by atoms with E-state index in [1.165, 1.54) is 17.2 Å². The third kappa shape index (κ3) is 4.87. The molecule has 1 atom stereocenters. The van der Waals surface area contributed by atoms with Crippen molar-refractivity contribution in [1.29, 1.82) is 0 Å². The van der Waals surface area contributed by atoms with Crippen molar-refractivity contribution in [2.45, 2.75) is 32.2 Å². The number of benzene rings is 1. The Morgan fingerprint density at radius 2 is 2.03 bits per heavy atom. The number of nitrogens with zero attached hydrogens (tertiary/aromatic N) is 4. The Balaban J connectivity index is 1.20. The van der Waals surface area contributed by atoms with Crippen LogP contribution in [-0.4, -0.2) is 59.1 Å². The molecule has 172 valence electrons. The molecule has 0 unspecified atom stereocenters. The highest BCUT2D eigenvalue weighted by atomic mass is 35.5. The molecule has 3 aliphatic rings. The number of aromatic nitrogens is 1. The lowest BCUT2D eigenvalue weighted by Gasteiger charge is -2.35. The quantitative estimate of drug-likeness (QED) is 0.651. The Bertz CT molecular complexity index is 1080. The Kier molecular flexibility index (Phi) is 6.56. The molecule has 0 radical (unpaired) electrons. The second kappa shape index (κ2) is 9.74. The molecule has 1 fully saturated rings. The summed E-state index contributed by atoms with van der Waals surface area (Å²) in [7, 11) is 0. The maximum absolute atomic E-state index is 14.2. The molecule has 1 saturated heterocycles. The van der Waals surface area contributed by atoms with E-state index in [1.807, 2.05) is 17.0 Å². The van der Waals surface area contributed by atoms with Gasteiger partial charge in [-0.25, -0.2) is 4.39 Å². The minimum absolute atomic E-state index is 0.207. The second-order valence-corrected chi connectivity index (χ2v) is 9.60. The highest BCUT2D eigenvalue weighted by Gasteiger charge is 2.31. The molecule has 3 aliphatic heterocycles. The standard InChI is InChI=1S/C26H28ClFN4O/c27-23-4-1-5-24(28)22(23)16-31-11-2-3-18(15-31)13-25(33)32-12-8-20-14-30-26(21(20)17-32)19-6-9-29-10-7-19/h1,4-7,9-10,18H,2-3,8,11-17H2/t18-/m0/s1. The fraction of sp³-hybridized carbons (Fsp3) is 0.423. The van der Waals surface area contributed by atoms with Gasteiger partial charge >= 0.3 is 0 Å². The first-order valence-corrected chi connectivity index (χ1v) is 12.1. The lowest BCUT2D eigenvalue weighted by molar-refractivity contribution is -0.132. The van der Waals surface area contributed by atoms with Crippen LogP contribution in [-0.2, 0) is 11.3 Å². The maximum Gasteiger partial charge on any atom is 0.223 e. The normalized spacial score (nSPS) is 21.2. The Hall–Kier alpha value is -2.57. The van der Waals surface area contributed by atoms with Gasteiger partial charge < -0.3 is 4.90 Å². The molecule has 0 bridgehead atoms. The zero-order chi connectivity index (χ0) is 22.8. The van der Waals surface area contributed by atoms with E-state index in [1.54, 1.807) is 24.5 Å². The molecule has 0 N–H and O–H groups in total. The fourth-order valence-electron chi connectivity index (χ4n) is 5.22. The van der Waals surface area contributed by atoms with Crippen LogP contribution in [0.3, 0.4) is 0 Å². The summed E-state index contributed by atoms with van der Waals surface area (Å²) >= 11 is 6.23. The molecule has 0 spiro atoms. The van der Waals surface area contributed by atoms with Crippen LogP contribution in [0.25, 0.3) is 0 Å². The number of carbonyl (C=O) groups excluding carboxylic acids is 1. The number of pyridine rings is 1. The summed E-state index contributed by atoms with van der Waals surface area (Å²) in [6.45, 7) is 4.32. The molecule has 2 aromatic rings. The van der Waals surface area contributed by atoms with Crippen LogP contribution < -0.4 is 0 Å². The van der Waals surface area contributed by atoms with Gasteiger partial charge in [0, 0.05) is 61.1 Å². The van der Waals surface area contributed by atoms with E-state index in [2.05, 4.69) is 9.88 Å². The molecule has 0 saturated carbocycles. The van der Waals surface area contributed by atoms with Crippen molar-refractivity contribution in [2.24, 2.45) is 10.9 Å². The molecular weight excluding hydrogens is 439 g/mol. The minimum Gasteiger partial charge on any atom is -0.338 e. The van der Waals surface area contributed by atoms with Gasteiger partial charge in [0.05, 0.1) is 12.3 Å². The van der Waals surface area contributed by atoms with Gasteiger partial charge in [0.25, 0.3) is 0 Å². The number of piperidine rings is 1. The molecule has 1 aromatic heterocycles. The SMILES string of the molecule is O=C(C[C@@H]1CCCN(Cc2c(F)cccc2Cl)C1)N1CCC2=C(C1)C(c1ccncc1)=NC2. The molecule has 1 amide bonds. The highest BCUT2D eigenvalue weighted by Crippen LogP contribution is 2.30. The number of amides is 1. The summed E-state index contributed by atoms with van der Waals surface area (Å²) in [5.74, 6) is 0.226. The lowest BCUT2D eigenvalue weighted by atomic mass is 9.92. The van der Waals surface area contributed by atoms with E-state index in [0.29, 0.717) is 30.1 Å². The van der Waals surface area contributed by atoms with Gasteiger partial charge in [0.1, 0.15) is 5.82 Å². The van der Waals surface area contributed by atoms with Crippen LogP contribution in [0.15, 0.2) is 58.9 Å². The van der Waals surface area contributed by atoms with Crippen molar-refractivity contribution in [3.8, 4) is 0 Å². The predicted molar refractivity (Wildman–Crippen MR) is 128 cm³/mol. The van der Waals surface area contributed by atoms with Gasteiger partial charge in [-0.1, -0.05) is 17.7 Å². The van der Waals surface area contributed by atoms with E-state index in [0.717, 1.165) is 56.7 Å². The molecule has 4 heterocycles. The first-order valence-electron chi connectivity index (χ1n) is 11.7. The van der Waals surface area contributed by atoms with Crippen molar-refractivity contribution in [1.82, 2.24) is 14.8 Å². The van der Waals surface area contributed by atoms with Crippen LogP contribution >= 0.6 is 11.6 Å². The summed E-state index contributed by atoms with van der Waals surface area (Å²) in [6.07, 6.45) is 7.03. The maximum atomic E-state index is 14.2. The first-order chi connectivity index (χ1) is 16.1. The molecular formula is C26H28ClFN4O. The number of hydrogen-bond acceptors (Lipinski definition) is 4. The number of rotatable bonds is 5. The minimum atomic E-state index is -0.263. The fourth-order valence-corrected chi connectivity index (χ4v) is 5.44. The van der Waals surface area contributed by atoms with Gasteiger partial charge in [-0.3, -0.25) is 19.7 Å². The Labute approximate surface area is 199 Å². The van der Waals surface area contributed by atoms with Gasteiger partial charge in [-0.2, -0.15) is 0 Å². The average molecular weight is 467 g/mol. The van der Waals surface area contributed by atoms with Crippen LogP contribution in [0.5, 0.6) is 0 Å². The van der Waals surface area contributed by atoms with Gasteiger partial charge in [0.2, 0.25) is 5.91 Å². The van der Waals surface area contributed by atoms with Crippen LogP contribution in [0, 0.1) is 11.7 Å². The summed E-state index contributed by atoms with van der Waals surface area (Å²) in [5.41, 5.74) is 5.19. The lowest BCUT2D eigenvalue weighted by Crippen LogP contribution is -2.41. The molecule has 0 aliphatic carbocycles. The van der Waals surface area contributed by atoms with Crippen molar-refractivity contribution >= 4 is 23.2 Å². The monoisotopic (exact) mass is 466 g/mol. The molecule has 33 heavy (non-hydrogen) atoms. The number of likely N-dealkylation sites (tertiary alicyclic amines) is 1. The molecule has 1 aromatic carbocycles. The summed E-state index contributed by atoms with van der Waals surface area (Å²) in [5, 5.41) is 0.467. The Morgan fingerprint density at radius 1 is 1.18 bits per heavy atom.